The number of carbonyl (C=O) groups excluding carboxylic acids is 2. The number of esters is 1. The lowest BCUT2D eigenvalue weighted by molar-refractivity contribution is -0.149. The van der Waals surface area contributed by atoms with Crippen LogP contribution in [0.5, 0.6) is 0 Å². The molecule has 2 rings (SSSR count). The Bertz CT molecular complexity index is 311. The predicted octanol–water partition coefficient (Wildman–Crippen LogP) is 1.83. The molecule has 0 aromatic heterocycles. The van der Waals surface area contributed by atoms with Gasteiger partial charge in [-0.3, -0.25) is 9.59 Å². The highest BCUT2D eigenvalue weighted by Gasteiger charge is 2.37. The second kappa shape index (κ2) is 6.45. The van der Waals surface area contributed by atoms with E-state index in [1.54, 1.807) is 23.6 Å². The van der Waals surface area contributed by atoms with Crippen molar-refractivity contribution >= 4 is 23.6 Å². The van der Waals surface area contributed by atoms with Gasteiger partial charge >= 0.3 is 5.97 Å². The van der Waals surface area contributed by atoms with Crippen molar-refractivity contribution in [1.29, 1.82) is 0 Å². The van der Waals surface area contributed by atoms with Gasteiger partial charge in [-0.15, -0.1) is 11.8 Å². The van der Waals surface area contributed by atoms with Crippen LogP contribution < -0.4 is 0 Å². The van der Waals surface area contributed by atoms with Gasteiger partial charge in [0.15, 0.2) is 0 Å². The smallest absolute Gasteiger partial charge is 0.325 e. The van der Waals surface area contributed by atoms with E-state index in [0.29, 0.717) is 6.61 Å². The molecule has 1 aliphatic carbocycles. The number of carbonyl (C=O) groups is 2. The topological polar surface area (TPSA) is 46.6 Å². The van der Waals surface area contributed by atoms with E-state index in [1.165, 1.54) is 6.42 Å². The molecule has 0 aromatic carbocycles. The highest BCUT2D eigenvalue weighted by atomic mass is 32.2. The van der Waals surface area contributed by atoms with Crippen molar-refractivity contribution in [2.24, 2.45) is 0 Å². The molecule has 5 heteroatoms. The molecule has 0 N–H and O–H groups in total. The largest absolute Gasteiger partial charge is 0.465 e. The number of thioether (sulfide) groups is 1. The number of amides is 1. The molecule has 1 saturated heterocycles. The Morgan fingerprint density at radius 3 is 2.61 bits per heavy atom. The summed E-state index contributed by atoms with van der Waals surface area (Å²) in [5.74, 6) is 0.933. The number of ether oxygens (including phenoxy) is 1. The van der Waals surface area contributed by atoms with Gasteiger partial charge in [-0.2, -0.15) is 0 Å². The SMILES string of the molecule is CCOC(=O)CN(C(=O)C1CCCCS1)C1CC1. The van der Waals surface area contributed by atoms with Gasteiger partial charge in [0.2, 0.25) is 5.91 Å². The lowest BCUT2D eigenvalue weighted by atomic mass is 10.1. The Labute approximate surface area is 112 Å². The van der Waals surface area contributed by atoms with Gasteiger partial charge in [-0.1, -0.05) is 6.42 Å². The van der Waals surface area contributed by atoms with E-state index >= 15 is 0 Å². The Hall–Kier alpha value is -0.710. The number of rotatable bonds is 5. The summed E-state index contributed by atoms with van der Waals surface area (Å²) in [5.41, 5.74) is 0. The minimum atomic E-state index is -0.279. The molecule has 0 spiro atoms. The third-order valence-corrected chi connectivity index (χ3v) is 4.69. The maximum Gasteiger partial charge on any atom is 0.325 e. The van der Waals surface area contributed by atoms with Crippen molar-refractivity contribution in [3.05, 3.63) is 0 Å². The summed E-state index contributed by atoms with van der Waals surface area (Å²) in [4.78, 5) is 25.7. The van der Waals surface area contributed by atoms with Crippen molar-refractivity contribution in [3.8, 4) is 0 Å². The van der Waals surface area contributed by atoms with E-state index < -0.39 is 0 Å². The molecule has 1 saturated carbocycles. The minimum Gasteiger partial charge on any atom is -0.465 e. The molecule has 4 nitrogen and oxygen atoms in total. The van der Waals surface area contributed by atoms with Crippen LogP contribution in [0.1, 0.15) is 39.0 Å². The lowest BCUT2D eigenvalue weighted by Crippen LogP contribution is -2.43. The molecule has 0 aromatic rings. The first kappa shape index (κ1) is 13.7. The van der Waals surface area contributed by atoms with Crippen LogP contribution in [0.25, 0.3) is 0 Å². The second-order valence-corrected chi connectivity index (χ2v) is 6.17. The summed E-state index contributed by atoms with van der Waals surface area (Å²) in [7, 11) is 0. The van der Waals surface area contributed by atoms with Gasteiger partial charge in [-0.05, 0) is 38.4 Å². The van der Waals surface area contributed by atoms with Gasteiger partial charge in [0.25, 0.3) is 0 Å². The minimum absolute atomic E-state index is 0.0637. The third kappa shape index (κ3) is 3.64. The first-order chi connectivity index (χ1) is 8.72. The van der Waals surface area contributed by atoms with E-state index in [1.807, 2.05) is 0 Å². The summed E-state index contributed by atoms with van der Waals surface area (Å²) in [5, 5.41) is 0.0637. The predicted molar refractivity (Wildman–Crippen MR) is 71.5 cm³/mol. The van der Waals surface area contributed by atoms with E-state index in [4.69, 9.17) is 4.74 Å². The first-order valence-electron chi connectivity index (χ1n) is 6.80. The summed E-state index contributed by atoms with van der Waals surface area (Å²) < 4.78 is 4.95. The van der Waals surface area contributed by atoms with E-state index in [9.17, 15) is 9.59 Å². The molecule has 1 heterocycles. The first-order valence-corrected chi connectivity index (χ1v) is 7.85. The Balaban J connectivity index is 1.91. The fraction of sp³-hybridized carbons (Fsp3) is 0.846. The van der Waals surface area contributed by atoms with Gasteiger partial charge in [0.05, 0.1) is 11.9 Å². The fourth-order valence-corrected chi connectivity index (χ4v) is 3.51. The van der Waals surface area contributed by atoms with Crippen LogP contribution in [0, 0.1) is 0 Å². The van der Waals surface area contributed by atoms with Crippen LogP contribution >= 0.6 is 11.8 Å². The van der Waals surface area contributed by atoms with Gasteiger partial charge in [-0.25, -0.2) is 0 Å². The zero-order valence-corrected chi connectivity index (χ0v) is 11.7. The molecule has 1 amide bonds. The van der Waals surface area contributed by atoms with Crippen LogP contribution in [0.2, 0.25) is 0 Å². The van der Waals surface area contributed by atoms with Crippen molar-refractivity contribution in [1.82, 2.24) is 4.90 Å². The maximum atomic E-state index is 12.4. The van der Waals surface area contributed by atoms with Crippen LogP contribution in [-0.4, -0.2) is 47.0 Å². The Morgan fingerprint density at radius 2 is 2.06 bits per heavy atom. The Morgan fingerprint density at radius 1 is 1.28 bits per heavy atom. The normalized spacial score (nSPS) is 23.5. The van der Waals surface area contributed by atoms with E-state index in [0.717, 1.165) is 31.4 Å². The van der Waals surface area contributed by atoms with Crippen molar-refractivity contribution in [3.63, 3.8) is 0 Å². The highest BCUT2D eigenvalue weighted by Crippen LogP contribution is 2.32. The molecule has 2 fully saturated rings. The number of hydrogen-bond acceptors (Lipinski definition) is 4. The average molecular weight is 271 g/mol. The number of hydrogen-bond donors (Lipinski definition) is 0. The van der Waals surface area contributed by atoms with Gasteiger partial charge in [0, 0.05) is 6.04 Å². The molecule has 102 valence electrons. The summed E-state index contributed by atoms with van der Waals surface area (Å²) in [6.45, 7) is 2.30. The van der Waals surface area contributed by atoms with Crippen LogP contribution in [0.4, 0.5) is 0 Å². The Kier molecular flexibility index (Phi) is 4.92. The van der Waals surface area contributed by atoms with Crippen molar-refractivity contribution in [2.45, 2.75) is 50.3 Å². The van der Waals surface area contributed by atoms with Crippen LogP contribution in [0.3, 0.4) is 0 Å². The summed E-state index contributed by atoms with van der Waals surface area (Å²) in [6, 6.07) is 0.282. The lowest BCUT2D eigenvalue weighted by Gasteiger charge is -2.28. The molecule has 1 atom stereocenters. The molecule has 0 radical (unpaired) electrons. The molecular formula is C13H21NO3S. The average Bonchev–Trinajstić information content (AvgIpc) is 3.21. The fourth-order valence-electron chi connectivity index (χ4n) is 2.24. The van der Waals surface area contributed by atoms with Gasteiger partial charge < -0.3 is 9.64 Å². The zero-order valence-electron chi connectivity index (χ0n) is 10.9. The van der Waals surface area contributed by atoms with E-state index in [2.05, 4.69) is 0 Å². The van der Waals surface area contributed by atoms with E-state index in [-0.39, 0.29) is 29.7 Å². The highest BCUT2D eigenvalue weighted by molar-refractivity contribution is 8.00. The van der Waals surface area contributed by atoms with Gasteiger partial charge in [0.1, 0.15) is 6.54 Å². The summed E-state index contributed by atoms with van der Waals surface area (Å²) >= 11 is 1.74. The molecule has 1 aliphatic heterocycles. The zero-order chi connectivity index (χ0) is 13.0. The molecular weight excluding hydrogens is 250 g/mol. The monoisotopic (exact) mass is 271 g/mol. The maximum absolute atomic E-state index is 12.4. The molecule has 2 aliphatic rings. The quantitative estimate of drug-likeness (QED) is 0.716. The van der Waals surface area contributed by atoms with Crippen LogP contribution in [0.15, 0.2) is 0 Å². The standard InChI is InChI=1S/C13H21NO3S/c1-2-17-12(15)9-14(10-6-7-10)13(16)11-5-3-4-8-18-11/h10-11H,2-9H2,1H3. The molecule has 1 unspecified atom stereocenters. The van der Waals surface area contributed by atoms with Crippen LogP contribution in [-0.2, 0) is 14.3 Å². The second-order valence-electron chi connectivity index (χ2n) is 4.86. The number of nitrogens with zero attached hydrogens (tertiary/aromatic N) is 1. The molecule has 18 heavy (non-hydrogen) atoms. The molecule has 0 bridgehead atoms. The summed E-state index contributed by atoms with van der Waals surface area (Å²) in [6.07, 6.45) is 5.34. The van der Waals surface area contributed by atoms with Crippen molar-refractivity contribution < 1.29 is 14.3 Å². The van der Waals surface area contributed by atoms with Crippen molar-refractivity contribution in [2.75, 3.05) is 18.9 Å². The third-order valence-electron chi connectivity index (χ3n) is 3.33.